The van der Waals surface area contributed by atoms with E-state index in [-0.39, 0.29) is 0 Å². The van der Waals surface area contributed by atoms with E-state index in [4.69, 9.17) is 5.26 Å². The van der Waals surface area contributed by atoms with Crippen molar-refractivity contribution in [3.05, 3.63) is 29.3 Å². The number of hydrogen-bond acceptors (Lipinski definition) is 3. The molecule has 1 aliphatic carbocycles. The van der Waals surface area contributed by atoms with Gasteiger partial charge >= 0.3 is 0 Å². The van der Waals surface area contributed by atoms with Crippen LogP contribution in [0.3, 0.4) is 0 Å². The summed E-state index contributed by atoms with van der Waals surface area (Å²) in [4.78, 5) is 2.27. The summed E-state index contributed by atoms with van der Waals surface area (Å²) in [5.41, 5.74) is 2.56. The van der Waals surface area contributed by atoms with Crippen molar-refractivity contribution in [3.63, 3.8) is 0 Å². The van der Waals surface area contributed by atoms with Crippen LogP contribution in [0.5, 0.6) is 0 Å². The minimum atomic E-state index is -0.515. The van der Waals surface area contributed by atoms with Crippen LogP contribution in [0.25, 0.3) is 0 Å². The number of aliphatic hydroxyl groups excluding tert-OH is 1. The fraction of sp³-hybridized carbons (Fsp3) is 0.588. The van der Waals surface area contributed by atoms with Gasteiger partial charge in [-0.15, -0.1) is 0 Å². The lowest BCUT2D eigenvalue weighted by molar-refractivity contribution is 0.199. The van der Waals surface area contributed by atoms with Gasteiger partial charge in [0.2, 0.25) is 0 Å². The first-order valence-corrected chi connectivity index (χ1v) is 7.49. The summed E-state index contributed by atoms with van der Waals surface area (Å²) in [6, 6.07) is 8.25. The highest BCUT2D eigenvalue weighted by atomic mass is 16.3. The van der Waals surface area contributed by atoms with Crippen LogP contribution in [0.4, 0.5) is 5.69 Å². The molecule has 2 unspecified atom stereocenters. The van der Waals surface area contributed by atoms with E-state index in [9.17, 15) is 5.11 Å². The molecule has 3 atom stereocenters. The topological polar surface area (TPSA) is 47.3 Å². The van der Waals surface area contributed by atoms with Crippen LogP contribution in [0, 0.1) is 17.2 Å². The maximum atomic E-state index is 9.97. The van der Waals surface area contributed by atoms with Gasteiger partial charge in [0, 0.05) is 24.3 Å². The van der Waals surface area contributed by atoms with Crippen LogP contribution in [-0.2, 0) is 0 Å². The molecule has 20 heavy (non-hydrogen) atoms. The SMILES string of the molecule is CC1CCCCC1N(C)c1cc(C#N)ccc1[C@@H](C)O. The van der Waals surface area contributed by atoms with Crippen molar-refractivity contribution in [1.82, 2.24) is 0 Å². The van der Waals surface area contributed by atoms with Crippen molar-refractivity contribution in [2.75, 3.05) is 11.9 Å². The van der Waals surface area contributed by atoms with Gasteiger partial charge in [0.25, 0.3) is 0 Å². The van der Waals surface area contributed by atoms with Gasteiger partial charge in [0.05, 0.1) is 17.7 Å². The molecule has 0 heterocycles. The summed E-state index contributed by atoms with van der Waals surface area (Å²) < 4.78 is 0. The molecule has 0 radical (unpaired) electrons. The van der Waals surface area contributed by atoms with Crippen molar-refractivity contribution >= 4 is 5.69 Å². The Labute approximate surface area is 121 Å². The first-order valence-electron chi connectivity index (χ1n) is 7.49. The summed E-state index contributed by atoms with van der Waals surface area (Å²) in [5, 5.41) is 19.1. The summed E-state index contributed by atoms with van der Waals surface area (Å²) in [6.07, 6.45) is 4.51. The highest BCUT2D eigenvalue weighted by Crippen LogP contribution is 2.34. The van der Waals surface area contributed by atoms with Gasteiger partial charge in [-0.1, -0.05) is 25.8 Å². The second kappa shape index (κ2) is 6.28. The molecule has 1 N–H and O–H groups in total. The van der Waals surface area contributed by atoms with E-state index in [2.05, 4.69) is 24.9 Å². The quantitative estimate of drug-likeness (QED) is 0.914. The fourth-order valence-corrected chi connectivity index (χ4v) is 3.32. The third-order valence-electron chi connectivity index (χ3n) is 4.55. The monoisotopic (exact) mass is 272 g/mol. The van der Waals surface area contributed by atoms with Crippen LogP contribution in [0.15, 0.2) is 18.2 Å². The lowest BCUT2D eigenvalue weighted by Gasteiger charge is -2.39. The minimum Gasteiger partial charge on any atom is -0.389 e. The minimum absolute atomic E-state index is 0.496. The number of rotatable bonds is 3. The first kappa shape index (κ1) is 14.9. The van der Waals surface area contributed by atoms with Gasteiger partial charge in [-0.25, -0.2) is 0 Å². The molecule has 108 valence electrons. The Morgan fingerprint density at radius 2 is 2.05 bits per heavy atom. The molecule has 3 nitrogen and oxygen atoms in total. The Kier molecular flexibility index (Phi) is 4.67. The van der Waals surface area contributed by atoms with Gasteiger partial charge < -0.3 is 10.0 Å². The third kappa shape index (κ3) is 2.96. The predicted octanol–water partition coefficient (Wildman–Crippen LogP) is 3.63. The standard InChI is InChI=1S/C17H24N2O/c1-12-6-4-5-7-16(12)19(3)17-10-14(11-18)8-9-15(17)13(2)20/h8-10,12-13,16,20H,4-7H2,1-3H3/t12?,13-,16?/m1/s1. The van der Waals surface area contributed by atoms with Crippen LogP contribution < -0.4 is 4.90 Å². The number of benzene rings is 1. The zero-order valence-electron chi connectivity index (χ0n) is 12.6. The van der Waals surface area contributed by atoms with Crippen molar-refractivity contribution < 1.29 is 5.11 Å². The summed E-state index contributed by atoms with van der Waals surface area (Å²) >= 11 is 0. The molecule has 1 saturated carbocycles. The van der Waals surface area contributed by atoms with Gasteiger partial charge in [-0.05, 0) is 37.8 Å². The second-order valence-electron chi connectivity index (χ2n) is 6.00. The molecular formula is C17H24N2O. The maximum Gasteiger partial charge on any atom is 0.0992 e. The van der Waals surface area contributed by atoms with Crippen LogP contribution in [0.1, 0.15) is 56.8 Å². The Morgan fingerprint density at radius 3 is 2.65 bits per heavy atom. The molecule has 1 aliphatic rings. The number of hydrogen-bond donors (Lipinski definition) is 1. The van der Waals surface area contributed by atoms with Crippen molar-refractivity contribution in [1.29, 1.82) is 5.26 Å². The van der Waals surface area contributed by atoms with Gasteiger partial charge in [0.15, 0.2) is 0 Å². The molecule has 0 saturated heterocycles. The van der Waals surface area contributed by atoms with E-state index < -0.39 is 6.10 Å². The maximum absolute atomic E-state index is 9.97. The molecule has 0 aromatic heterocycles. The highest BCUT2D eigenvalue weighted by molar-refractivity contribution is 5.58. The molecule has 0 aliphatic heterocycles. The largest absolute Gasteiger partial charge is 0.389 e. The van der Waals surface area contributed by atoms with E-state index in [0.29, 0.717) is 17.5 Å². The molecular weight excluding hydrogens is 248 g/mol. The third-order valence-corrected chi connectivity index (χ3v) is 4.55. The lowest BCUT2D eigenvalue weighted by atomic mass is 9.84. The summed E-state index contributed by atoms with van der Waals surface area (Å²) in [7, 11) is 2.09. The summed E-state index contributed by atoms with van der Waals surface area (Å²) in [6.45, 7) is 4.08. The second-order valence-corrected chi connectivity index (χ2v) is 6.00. The number of nitrogens with zero attached hydrogens (tertiary/aromatic N) is 2. The molecule has 0 amide bonds. The van der Waals surface area contributed by atoms with E-state index in [1.54, 1.807) is 13.0 Å². The Hall–Kier alpha value is -1.53. The first-order chi connectivity index (χ1) is 9.54. The smallest absolute Gasteiger partial charge is 0.0992 e. The fourth-order valence-electron chi connectivity index (χ4n) is 3.32. The molecule has 3 heteroatoms. The zero-order valence-corrected chi connectivity index (χ0v) is 12.6. The van der Waals surface area contributed by atoms with Crippen molar-refractivity contribution in [2.24, 2.45) is 5.92 Å². The van der Waals surface area contributed by atoms with E-state index in [1.165, 1.54) is 25.7 Å². The van der Waals surface area contributed by atoms with Gasteiger partial charge in [-0.2, -0.15) is 5.26 Å². The normalized spacial score (nSPS) is 23.9. The van der Waals surface area contributed by atoms with Gasteiger partial charge in [0.1, 0.15) is 0 Å². The highest BCUT2D eigenvalue weighted by Gasteiger charge is 2.27. The van der Waals surface area contributed by atoms with E-state index in [0.717, 1.165) is 11.3 Å². The molecule has 1 aromatic carbocycles. The Bertz CT molecular complexity index is 504. The average Bonchev–Trinajstić information content (AvgIpc) is 2.46. The molecule has 2 rings (SSSR count). The van der Waals surface area contributed by atoms with E-state index in [1.807, 2.05) is 12.1 Å². The predicted molar refractivity (Wildman–Crippen MR) is 81.6 cm³/mol. The summed E-state index contributed by atoms with van der Waals surface area (Å²) in [5.74, 6) is 0.654. The van der Waals surface area contributed by atoms with Crippen LogP contribution in [-0.4, -0.2) is 18.2 Å². The van der Waals surface area contributed by atoms with Crippen molar-refractivity contribution in [3.8, 4) is 6.07 Å². The number of anilines is 1. The average molecular weight is 272 g/mol. The zero-order chi connectivity index (χ0) is 14.7. The molecule has 0 bridgehead atoms. The molecule has 0 spiro atoms. The van der Waals surface area contributed by atoms with Crippen molar-refractivity contribution in [2.45, 2.75) is 51.7 Å². The van der Waals surface area contributed by atoms with Crippen LogP contribution in [0.2, 0.25) is 0 Å². The Balaban J connectivity index is 2.36. The number of nitriles is 1. The van der Waals surface area contributed by atoms with Gasteiger partial charge in [-0.3, -0.25) is 0 Å². The van der Waals surface area contributed by atoms with Crippen LogP contribution >= 0.6 is 0 Å². The molecule has 1 aromatic rings. The Morgan fingerprint density at radius 1 is 1.35 bits per heavy atom. The molecule has 1 fully saturated rings. The van der Waals surface area contributed by atoms with E-state index >= 15 is 0 Å². The lowest BCUT2D eigenvalue weighted by Crippen LogP contribution is -2.39. The number of aliphatic hydroxyl groups is 1.